The van der Waals surface area contributed by atoms with E-state index in [9.17, 15) is 8.42 Å². The van der Waals surface area contributed by atoms with Gasteiger partial charge in [0.05, 0.1) is 4.90 Å². The van der Waals surface area contributed by atoms with Crippen molar-refractivity contribution in [3.05, 3.63) is 23.8 Å². The predicted molar refractivity (Wildman–Crippen MR) is 68.2 cm³/mol. The molecule has 0 amide bonds. The van der Waals surface area contributed by atoms with Crippen molar-refractivity contribution >= 4 is 15.7 Å². The third kappa shape index (κ3) is 2.17. The average molecular weight is 254 g/mol. The van der Waals surface area contributed by atoms with Crippen molar-refractivity contribution in [2.75, 3.05) is 12.3 Å². The average Bonchev–Trinajstić information content (AvgIpc) is 3.06. The lowest BCUT2D eigenvalue weighted by Crippen LogP contribution is -2.33. The van der Waals surface area contributed by atoms with E-state index < -0.39 is 10.0 Å². The molecule has 1 aromatic rings. The van der Waals surface area contributed by atoms with Gasteiger partial charge >= 0.3 is 0 Å². The van der Waals surface area contributed by atoms with Gasteiger partial charge in [0.25, 0.3) is 0 Å². The summed E-state index contributed by atoms with van der Waals surface area (Å²) in [5.41, 5.74) is 6.94. The van der Waals surface area contributed by atoms with Crippen molar-refractivity contribution in [3.63, 3.8) is 0 Å². The Labute approximate surface area is 102 Å². The van der Waals surface area contributed by atoms with E-state index in [4.69, 9.17) is 5.73 Å². The monoisotopic (exact) mass is 254 g/mol. The Morgan fingerprint density at radius 1 is 1.41 bits per heavy atom. The lowest BCUT2D eigenvalue weighted by atomic mass is 10.2. The SMILES string of the molecule is CCN(C1CC1)S(=O)(=O)c1cccc(N)c1C. The molecule has 1 aliphatic rings. The molecule has 0 spiro atoms. The zero-order chi connectivity index (χ0) is 12.6. The molecule has 1 aliphatic carbocycles. The van der Waals surface area contributed by atoms with Crippen LogP contribution in [0.15, 0.2) is 23.1 Å². The highest BCUT2D eigenvalue weighted by molar-refractivity contribution is 7.89. The molecule has 0 heterocycles. The maximum absolute atomic E-state index is 12.5. The van der Waals surface area contributed by atoms with Gasteiger partial charge in [0.2, 0.25) is 10.0 Å². The molecule has 2 rings (SSSR count). The lowest BCUT2D eigenvalue weighted by molar-refractivity contribution is 0.420. The van der Waals surface area contributed by atoms with Gasteiger partial charge in [-0.1, -0.05) is 13.0 Å². The van der Waals surface area contributed by atoms with Crippen LogP contribution in [0.2, 0.25) is 0 Å². The quantitative estimate of drug-likeness (QED) is 0.833. The zero-order valence-electron chi connectivity index (χ0n) is 10.2. The van der Waals surface area contributed by atoms with E-state index in [0.29, 0.717) is 22.7 Å². The molecule has 94 valence electrons. The highest BCUT2D eigenvalue weighted by atomic mass is 32.2. The van der Waals surface area contributed by atoms with E-state index in [-0.39, 0.29) is 6.04 Å². The van der Waals surface area contributed by atoms with Crippen molar-refractivity contribution in [3.8, 4) is 0 Å². The molecular weight excluding hydrogens is 236 g/mol. The van der Waals surface area contributed by atoms with Crippen LogP contribution in [-0.2, 0) is 10.0 Å². The number of nitrogens with two attached hydrogens (primary N) is 1. The second-order valence-electron chi connectivity index (χ2n) is 4.41. The number of nitrogens with zero attached hydrogens (tertiary/aromatic N) is 1. The van der Waals surface area contributed by atoms with E-state index in [1.165, 1.54) is 0 Å². The highest BCUT2D eigenvalue weighted by Gasteiger charge is 2.37. The summed E-state index contributed by atoms with van der Waals surface area (Å²) < 4.78 is 26.6. The number of hydrogen-bond acceptors (Lipinski definition) is 3. The van der Waals surface area contributed by atoms with Crippen LogP contribution in [0.3, 0.4) is 0 Å². The molecule has 0 saturated heterocycles. The van der Waals surface area contributed by atoms with Gasteiger partial charge in [-0.15, -0.1) is 0 Å². The first-order valence-electron chi connectivity index (χ1n) is 5.85. The fourth-order valence-corrected chi connectivity index (χ4v) is 3.98. The predicted octanol–water partition coefficient (Wildman–Crippen LogP) is 1.75. The normalized spacial score (nSPS) is 16.4. The molecule has 1 aromatic carbocycles. The van der Waals surface area contributed by atoms with Crippen LogP contribution in [0.1, 0.15) is 25.3 Å². The van der Waals surface area contributed by atoms with Gasteiger partial charge < -0.3 is 5.73 Å². The molecule has 2 N–H and O–H groups in total. The summed E-state index contributed by atoms with van der Waals surface area (Å²) in [6.07, 6.45) is 1.93. The minimum absolute atomic E-state index is 0.186. The Bertz CT molecular complexity index is 521. The number of rotatable bonds is 4. The summed E-state index contributed by atoms with van der Waals surface area (Å²) in [4.78, 5) is 0.339. The Morgan fingerprint density at radius 2 is 2.06 bits per heavy atom. The Kier molecular flexibility index (Phi) is 3.14. The summed E-state index contributed by atoms with van der Waals surface area (Å²) >= 11 is 0. The first kappa shape index (κ1) is 12.4. The molecular formula is C12H18N2O2S. The van der Waals surface area contributed by atoms with Crippen LogP contribution in [0.25, 0.3) is 0 Å². The molecule has 1 saturated carbocycles. The van der Waals surface area contributed by atoms with Crippen molar-refractivity contribution in [2.45, 2.75) is 37.6 Å². The summed E-state index contributed by atoms with van der Waals surface area (Å²) in [5.74, 6) is 0. The Hall–Kier alpha value is -1.07. The molecule has 4 nitrogen and oxygen atoms in total. The Balaban J connectivity index is 2.47. The van der Waals surface area contributed by atoms with Crippen LogP contribution < -0.4 is 5.73 Å². The van der Waals surface area contributed by atoms with Crippen LogP contribution in [-0.4, -0.2) is 25.3 Å². The molecule has 5 heteroatoms. The summed E-state index contributed by atoms with van der Waals surface area (Å²) in [6, 6.07) is 5.23. The molecule has 0 aliphatic heterocycles. The van der Waals surface area contributed by atoms with Gasteiger partial charge in [0.15, 0.2) is 0 Å². The van der Waals surface area contributed by atoms with E-state index in [1.54, 1.807) is 29.4 Å². The first-order chi connectivity index (χ1) is 7.98. The van der Waals surface area contributed by atoms with Gasteiger partial charge in [-0.25, -0.2) is 8.42 Å². The molecule has 0 atom stereocenters. The minimum atomic E-state index is -3.39. The van der Waals surface area contributed by atoms with Crippen LogP contribution in [0.5, 0.6) is 0 Å². The van der Waals surface area contributed by atoms with Gasteiger partial charge in [-0.2, -0.15) is 4.31 Å². The topological polar surface area (TPSA) is 63.4 Å². The van der Waals surface area contributed by atoms with Crippen molar-refractivity contribution in [1.82, 2.24) is 4.31 Å². The van der Waals surface area contributed by atoms with Crippen LogP contribution in [0.4, 0.5) is 5.69 Å². The van der Waals surface area contributed by atoms with Gasteiger partial charge in [-0.05, 0) is 37.5 Å². The first-order valence-corrected chi connectivity index (χ1v) is 7.29. The van der Waals surface area contributed by atoms with E-state index >= 15 is 0 Å². The smallest absolute Gasteiger partial charge is 0.243 e. The number of sulfonamides is 1. The maximum atomic E-state index is 12.5. The van der Waals surface area contributed by atoms with Crippen LogP contribution in [0, 0.1) is 6.92 Å². The Morgan fingerprint density at radius 3 is 2.59 bits per heavy atom. The van der Waals surface area contributed by atoms with Crippen molar-refractivity contribution < 1.29 is 8.42 Å². The van der Waals surface area contributed by atoms with E-state index in [2.05, 4.69) is 0 Å². The summed E-state index contributed by atoms with van der Waals surface area (Å²) in [7, 11) is -3.39. The fourth-order valence-electron chi connectivity index (χ4n) is 2.02. The number of hydrogen-bond donors (Lipinski definition) is 1. The zero-order valence-corrected chi connectivity index (χ0v) is 11.0. The molecule has 17 heavy (non-hydrogen) atoms. The molecule has 1 fully saturated rings. The van der Waals surface area contributed by atoms with E-state index in [1.807, 2.05) is 6.92 Å². The number of nitrogen functional groups attached to an aromatic ring is 1. The maximum Gasteiger partial charge on any atom is 0.243 e. The number of anilines is 1. The summed E-state index contributed by atoms with van der Waals surface area (Å²) in [6.45, 7) is 4.14. The second-order valence-corrected chi connectivity index (χ2v) is 6.27. The molecule has 0 radical (unpaired) electrons. The van der Waals surface area contributed by atoms with Crippen molar-refractivity contribution in [2.24, 2.45) is 0 Å². The summed E-state index contributed by atoms with van der Waals surface area (Å²) in [5, 5.41) is 0. The largest absolute Gasteiger partial charge is 0.398 e. The van der Waals surface area contributed by atoms with Gasteiger partial charge in [0, 0.05) is 18.3 Å². The third-order valence-electron chi connectivity index (χ3n) is 3.18. The fraction of sp³-hybridized carbons (Fsp3) is 0.500. The second kappa shape index (κ2) is 4.31. The molecule has 0 bridgehead atoms. The van der Waals surface area contributed by atoms with Gasteiger partial charge in [0.1, 0.15) is 0 Å². The van der Waals surface area contributed by atoms with Crippen molar-refractivity contribution in [1.29, 1.82) is 0 Å². The highest BCUT2D eigenvalue weighted by Crippen LogP contribution is 2.33. The van der Waals surface area contributed by atoms with Gasteiger partial charge in [-0.3, -0.25) is 0 Å². The minimum Gasteiger partial charge on any atom is -0.398 e. The van der Waals surface area contributed by atoms with E-state index in [0.717, 1.165) is 12.8 Å². The number of benzene rings is 1. The molecule has 0 aromatic heterocycles. The standard InChI is InChI=1S/C12H18N2O2S/c1-3-14(10-7-8-10)17(15,16)12-6-4-5-11(13)9(12)2/h4-6,10H,3,7-8,13H2,1-2H3. The molecule has 0 unspecified atom stereocenters. The third-order valence-corrected chi connectivity index (χ3v) is 5.35. The van der Waals surface area contributed by atoms with Crippen LogP contribution >= 0.6 is 0 Å². The lowest BCUT2D eigenvalue weighted by Gasteiger charge is -2.21.